The summed E-state index contributed by atoms with van der Waals surface area (Å²) in [6.45, 7) is 4.02. The summed E-state index contributed by atoms with van der Waals surface area (Å²) in [6, 6.07) is 16.6. The molecule has 2 aromatic heterocycles. The van der Waals surface area contributed by atoms with E-state index in [1.807, 2.05) is 43.3 Å². The highest BCUT2D eigenvalue weighted by atomic mass is 35.5. The zero-order valence-corrected chi connectivity index (χ0v) is 21.5. The van der Waals surface area contributed by atoms with Gasteiger partial charge in [-0.05, 0) is 67.6 Å². The highest BCUT2D eigenvalue weighted by molar-refractivity contribution is 7.91. The number of hydrogen-bond donors (Lipinski definition) is 2. The van der Waals surface area contributed by atoms with Crippen LogP contribution in [0.4, 0.5) is 0 Å². The quantitative estimate of drug-likeness (QED) is 0.363. The normalized spacial score (nSPS) is 13.8. The van der Waals surface area contributed by atoms with Crippen molar-refractivity contribution in [3.63, 3.8) is 0 Å². The van der Waals surface area contributed by atoms with Gasteiger partial charge in [-0.25, -0.2) is 13.1 Å². The third kappa shape index (κ3) is 4.47. The van der Waals surface area contributed by atoms with Crippen molar-refractivity contribution < 1.29 is 13.2 Å². The number of pyridine rings is 1. The minimum Gasteiger partial charge on any atom is -0.331 e. The van der Waals surface area contributed by atoms with E-state index in [4.69, 9.17) is 11.6 Å². The van der Waals surface area contributed by atoms with Crippen molar-refractivity contribution in [2.75, 3.05) is 0 Å². The average molecular weight is 524 g/mol. The maximum Gasteiger partial charge on any atom is 0.282 e. The Balaban J connectivity index is 1.82. The van der Waals surface area contributed by atoms with Crippen LogP contribution in [0.25, 0.3) is 22.0 Å². The topological polar surface area (TPSA) is 101 Å². The molecule has 1 aliphatic carbocycles. The van der Waals surface area contributed by atoms with Gasteiger partial charge >= 0.3 is 0 Å². The number of rotatable bonds is 7. The molecule has 4 aromatic rings. The molecule has 0 aliphatic heterocycles. The largest absolute Gasteiger partial charge is 0.331 e. The molecular formula is C27H26ClN3O4S. The number of carbonyl (C=O) groups is 1. The number of amides is 1. The van der Waals surface area contributed by atoms with E-state index in [2.05, 4.69) is 9.71 Å². The summed E-state index contributed by atoms with van der Waals surface area (Å²) in [5, 5.41) is 0.654. The van der Waals surface area contributed by atoms with Crippen LogP contribution in [-0.2, 0) is 23.0 Å². The number of benzene rings is 2. The minimum atomic E-state index is -3.82. The lowest BCUT2D eigenvalue weighted by Gasteiger charge is -2.14. The summed E-state index contributed by atoms with van der Waals surface area (Å²) in [5.41, 5.74) is 3.63. The summed E-state index contributed by atoms with van der Waals surface area (Å²) in [7, 11) is -3.82. The molecule has 186 valence electrons. The lowest BCUT2D eigenvalue weighted by atomic mass is 10.0. The summed E-state index contributed by atoms with van der Waals surface area (Å²) in [5.74, 6) is -0.766. The molecule has 1 saturated carbocycles. The highest BCUT2D eigenvalue weighted by Crippen LogP contribution is 2.36. The van der Waals surface area contributed by atoms with Gasteiger partial charge in [0.15, 0.2) is 0 Å². The Bertz CT molecular complexity index is 1670. The molecule has 36 heavy (non-hydrogen) atoms. The van der Waals surface area contributed by atoms with E-state index in [1.54, 1.807) is 29.7 Å². The molecule has 2 aromatic carbocycles. The van der Waals surface area contributed by atoms with Crippen LogP contribution in [0.2, 0.25) is 5.02 Å². The molecule has 1 amide bonds. The minimum absolute atomic E-state index is 0.108. The maximum absolute atomic E-state index is 13.7. The molecule has 1 fully saturated rings. The van der Waals surface area contributed by atoms with E-state index in [-0.39, 0.29) is 17.8 Å². The Hall–Kier alpha value is -3.36. The summed E-state index contributed by atoms with van der Waals surface area (Å²) in [4.78, 5) is 29.6. The summed E-state index contributed by atoms with van der Waals surface area (Å²) in [6.07, 6.45) is 1.80. The standard InChI is InChI=1S/C27H26ClN3O4S/c1-3-17-9-13-23-21(14-17)24(20-12-8-16(2)29-26(20)32)25(27(33)30-36(34,35)19-10-11-19)31(23)15-18-6-4-5-7-22(18)28/h4-9,12-14,19H,3,10-11,15H2,1-2H3,(H,29,32)(H,30,33). The second kappa shape index (κ2) is 9.26. The van der Waals surface area contributed by atoms with Crippen molar-refractivity contribution >= 4 is 38.4 Å². The lowest BCUT2D eigenvalue weighted by molar-refractivity contribution is 0.0974. The fourth-order valence-electron chi connectivity index (χ4n) is 4.50. The van der Waals surface area contributed by atoms with Gasteiger partial charge in [-0.1, -0.05) is 42.8 Å². The van der Waals surface area contributed by atoms with E-state index < -0.39 is 21.2 Å². The summed E-state index contributed by atoms with van der Waals surface area (Å²) < 4.78 is 29.5. The molecular weight excluding hydrogens is 498 g/mol. The van der Waals surface area contributed by atoms with Gasteiger partial charge in [0.1, 0.15) is 5.69 Å². The average Bonchev–Trinajstić information content (AvgIpc) is 3.65. The van der Waals surface area contributed by atoms with Crippen LogP contribution in [0.5, 0.6) is 0 Å². The van der Waals surface area contributed by atoms with Gasteiger partial charge in [-0.3, -0.25) is 9.59 Å². The third-order valence-corrected chi connectivity index (χ3v) is 8.75. The predicted octanol–water partition coefficient (Wildman–Crippen LogP) is 4.79. The molecule has 0 saturated heterocycles. The Morgan fingerprint density at radius 2 is 1.89 bits per heavy atom. The zero-order chi connectivity index (χ0) is 25.6. The highest BCUT2D eigenvalue weighted by Gasteiger charge is 2.38. The first kappa shape index (κ1) is 24.3. The van der Waals surface area contributed by atoms with Gasteiger partial charge in [0.25, 0.3) is 11.5 Å². The zero-order valence-electron chi connectivity index (χ0n) is 20.0. The Morgan fingerprint density at radius 1 is 1.14 bits per heavy atom. The van der Waals surface area contributed by atoms with Crippen LogP contribution in [0, 0.1) is 6.92 Å². The van der Waals surface area contributed by atoms with Crippen LogP contribution >= 0.6 is 11.6 Å². The molecule has 9 heteroatoms. The van der Waals surface area contributed by atoms with Crippen LogP contribution in [0.15, 0.2) is 59.4 Å². The van der Waals surface area contributed by atoms with Crippen molar-refractivity contribution in [3.05, 3.63) is 92.5 Å². The second-order valence-corrected chi connectivity index (χ2v) is 11.5. The van der Waals surface area contributed by atoms with Gasteiger partial charge in [0.05, 0.1) is 5.25 Å². The first-order valence-corrected chi connectivity index (χ1v) is 13.8. The number of aromatic nitrogens is 2. The molecule has 2 N–H and O–H groups in total. The molecule has 5 rings (SSSR count). The van der Waals surface area contributed by atoms with Crippen LogP contribution in [-0.4, -0.2) is 29.1 Å². The number of halogens is 1. The molecule has 7 nitrogen and oxygen atoms in total. The molecule has 1 aliphatic rings. The molecule has 0 spiro atoms. The van der Waals surface area contributed by atoms with Gasteiger partial charge in [-0.2, -0.15) is 0 Å². The number of nitrogens with zero attached hydrogens (tertiary/aromatic N) is 1. The number of aromatic amines is 1. The maximum atomic E-state index is 13.7. The monoisotopic (exact) mass is 523 g/mol. The van der Waals surface area contributed by atoms with Gasteiger partial charge in [0, 0.05) is 39.3 Å². The van der Waals surface area contributed by atoms with Crippen LogP contribution in [0.3, 0.4) is 0 Å². The fraction of sp³-hybridized carbons (Fsp3) is 0.259. The Labute approximate surface area is 214 Å². The number of aryl methyl sites for hydroxylation is 2. The molecule has 0 atom stereocenters. The molecule has 0 bridgehead atoms. The number of sulfonamides is 1. The van der Waals surface area contributed by atoms with Crippen molar-refractivity contribution in [1.29, 1.82) is 0 Å². The molecule has 0 unspecified atom stereocenters. The Morgan fingerprint density at radius 3 is 2.56 bits per heavy atom. The van der Waals surface area contributed by atoms with E-state index >= 15 is 0 Å². The predicted molar refractivity (Wildman–Crippen MR) is 142 cm³/mol. The van der Waals surface area contributed by atoms with Crippen molar-refractivity contribution in [1.82, 2.24) is 14.3 Å². The lowest BCUT2D eigenvalue weighted by Crippen LogP contribution is -2.35. The Kier molecular flexibility index (Phi) is 6.26. The number of nitrogens with one attached hydrogen (secondary N) is 2. The van der Waals surface area contributed by atoms with E-state index in [0.29, 0.717) is 45.6 Å². The van der Waals surface area contributed by atoms with Crippen molar-refractivity contribution in [3.8, 4) is 11.1 Å². The fourth-order valence-corrected chi connectivity index (χ4v) is 5.97. The first-order chi connectivity index (χ1) is 17.2. The SMILES string of the molecule is CCc1ccc2c(c1)c(-c1ccc(C)[nH]c1=O)c(C(=O)NS(=O)(=O)C1CC1)n2Cc1ccccc1Cl. The van der Waals surface area contributed by atoms with Gasteiger partial charge in [-0.15, -0.1) is 0 Å². The smallest absolute Gasteiger partial charge is 0.282 e. The first-order valence-electron chi connectivity index (χ1n) is 11.8. The number of carbonyl (C=O) groups excluding carboxylic acids is 1. The van der Waals surface area contributed by atoms with E-state index in [0.717, 1.165) is 17.5 Å². The summed E-state index contributed by atoms with van der Waals surface area (Å²) >= 11 is 6.46. The molecule has 2 heterocycles. The van der Waals surface area contributed by atoms with Gasteiger partial charge < -0.3 is 9.55 Å². The number of fused-ring (bicyclic) bond motifs is 1. The second-order valence-electron chi connectivity index (χ2n) is 9.17. The van der Waals surface area contributed by atoms with Crippen molar-refractivity contribution in [2.45, 2.75) is 44.9 Å². The van der Waals surface area contributed by atoms with Crippen LogP contribution < -0.4 is 10.3 Å². The van der Waals surface area contributed by atoms with E-state index in [9.17, 15) is 18.0 Å². The molecule has 0 radical (unpaired) electrons. The van der Waals surface area contributed by atoms with E-state index in [1.165, 1.54) is 0 Å². The number of hydrogen-bond acceptors (Lipinski definition) is 4. The van der Waals surface area contributed by atoms with Gasteiger partial charge in [0.2, 0.25) is 10.0 Å². The van der Waals surface area contributed by atoms with Crippen LogP contribution in [0.1, 0.15) is 47.1 Å². The number of H-pyrrole nitrogens is 1. The van der Waals surface area contributed by atoms with Crippen molar-refractivity contribution in [2.24, 2.45) is 0 Å². The third-order valence-electron chi connectivity index (χ3n) is 6.56.